The standard InChI is InChI=1S/C10H13NO.C8H10/c12-11-9-5-4-8-10-6-2-1-3-7-10;1-7-3-5-8(2)6-4-7/h1-3,6-7H,4-5,8-9H2;3-6H,1-2H3. The Labute approximate surface area is 121 Å². The molecule has 2 heteroatoms. The minimum atomic E-state index is 0.451. The van der Waals surface area contributed by atoms with Crippen LogP contribution >= 0.6 is 0 Å². The van der Waals surface area contributed by atoms with Gasteiger partial charge in [0.1, 0.15) is 0 Å². The monoisotopic (exact) mass is 269 g/mol. The predicted molar refractivity (Wildman–Crippen MR) is 86.0 cm³/mol. The first-order chi connectivity index (χ1) is 9.72. The van der Waals surface area contributed by atoms with Crippen molar-refractivity contribution < 1.29 is 0 Å². The van der Waals surface area contributed by atoms with E-state index in [9.17, 15) is 4.91 Å². The molecule has 0 aromatic heterocycles. The number of nitroso groups, excluding NO2 is 1. The van der Waals surface area contributed by atoms with Crippen LogP contribution in [0.25, 0.3) is 0 Å². The van der Waals surface area contributed by atoms with Crippen LogP contribution in [0.5, 0.6) is 0 Å². The summed E-state index contributed by atoms with van der Waals surface area (Å²) in [5.74, 6) is 0. The molecule has 0 amide bonds. The summed E-state index contributed by atoms with van der Waals surface area (Å²) < 4.78 is 0. The lowest BCUT2D eigenvalue weighted by atomic mass is 10.1. The fourth-order valence-corrected chi connectivity index (χ4v) is 1.79. The zero-order chi connectivity index (χ0) is 14.6. The average Bonchev–Trinajstić information content (AvgIpc) is 2.49. The molecule has 0 atom stereocenters. The second-order valence-corrected chi connectivity index (χ2v) is 4.95. The lowest BCUT2D eigenvalue weighted by Crippen LogP contribution is -1.86. The first-order valence-corrected chi connectivity index (χ1v) is 7.08. The summed E-state index contributed by atoms with van der Waals surface area (Å²) in [6.45, 7) is 4.64. The third-order valence-corrected chi connectivity index (χ3v) is 3.03. The second-order valence-electron chi connectivity index (χ2n) is 4.95. The first-order valence-electron chi connectivity index (χ1n) is 7.08. The zero-order valence-corrected chi connectivity index (χ0v) is 12.4. The highest BCUT2D eigenvalue weighted by Crippen LogP contribution is 2.04. The Morgan fingerprint density at radius 2 is 1.35 bits per heavy atom. The van der Waals surface area contributed by atoms with Crippen LogP contribution < -0.4 is 0 Å². The molecule has 2 aromatic rings. The molecule has 106 valence electrons. The molecule has 0 radical (unpaired) electrons. The normalized spacial score (nSPS) is 9.50. The van der Waals surface area contributed by atoms with E-state index in [0.29, 0.717) is 6.54 Å². The third-order valence-electron chi connectivity index (χ3n) is 3.03. The van der Waals surface area contributed by atoms with Gasteiger partial charge in [-0.15, -0.1) is 0 Å². The van der Waals surface area contributed by atoms with Gasteiger partial charge in [-0.05, 0) is 38.7 Å². The highest BCUT2D eigenvalue weighted by molar-refractivity contribution is 5.19. The predicted octanol–water partition coefficient (Wildman–Crippen LogP) is 5.08. The second kappa shape index (κ2) is 9.90. The van der Waals surface area contributed by atoms with Crippen molar-refractivity contribution in [2.45, 2.75) is 33.1 Å². The Morgan fingerprint density at radius 3 is 1.85 bits per heavy atom. The molecule has 2 nitrogen and oxygen atoms in total. The van der Waals surface area contributed by atoms with Crippen LogP contribution in [0.4, 0.5) is 0 Å². The summed E-state index contributed by atoms with van der Waals surface area (Å²) in [6.07, 6.45) is 3.00. The highest BCUT2D eigenvalue weighted by Gasteiger charge is 1.91. The number of hydrogen-bond acceptors (Lipinski definition) is 2. The van der Waals surface area contributed by atoms with E-state index in [-0.39, 0.29) is 0 Å². The number of rotatable bonds is 5. The molecule has 0 saturated carbocycles. The Morgan fingerprint density at radius 1 is 0.800 bits per heavy atom. The summed E-state index contributed by atoms with van der Waals surface area (Å²) in [4.78, 5) is 9.77. The third kappa shape index (κ3) is 7.47. The van der Waals surface area contributed by atoms with E-state index in [4.69, 9.17) is 0 Å². The molecule has 0 heterocycles. The van der Waals surface area contributed by atoms with Crippen LogP contribution in [0.2, 0.25) is 0 Å². The average molecular weight is 269 g/mol. The van der Waals surface area contributed by atoms with Crippen LogP contribution in [0.3, 0.4) is 0 Å². The first kappa shape index (κ1) is 16.1. The number of aryl methyl sites for hydroxylation is 3. The van der Waals surface area contributed by atoms with Crippen molar-refractivity contribution in [2.24, 2.45) is 5.18 Å². The van der Waals surface area contributed by atoms with Crippen LogP contribution in [0.15, 0.2) is 59.8 Å². The number of unbranched alkanes of at least 4 members (excludes halogenated alkanes) is 1. The van der Waals surface area contributed by atoms with Crippen molar-refractivity contribution in [1.82, 2.24) is 0 Å². The molecular weight excluding hydrogens is 246 g/mol. The minimum Gasteiger partial charge on any atom is -0.151 e. The maximum Gasteiger partial charge on any atom is 0.0811 e. The van der Waals surface area contributed by atoms with E-state index in [2.05, 4.69) is 55.4 Å². The lowest BCUT2D eigenvalue weighted by molar-refractivity contribution is 0.743. The van der Waals surface area contributed by atoms with Crippen LogP contribution in [-0.2, 0) is 6.42 Å². The summed E-state index contributed by atoms with van der Waals surface area (Å²) in [5, 5.41) is 2.82. The molecule has 2 rings (SSSR count). The quantitative estimate of drug-likeness (QED) is 0.550. The van der Waals surface area contributed by atoms with Crippen LogP contribution in [0, 0.1) is 18.8 Å². The molecule has 0 aliphatic carbocycles. The van der Waals surface area contributed by atoms with Gasteiger partial charge >= 0.3 is 0 Å². The number of nitrogens with zero attached hydrogens (tertiary/aromatic N) is 1. The summed E-state index contributed by atoms with van der Waals surface area (Å²) in [7, 11) is 0. The van der Waals surface area contributed by atoms with Crippen molar-refractivity contribution in [3.05, 3.63) is 76.2 Å². The van der Waals surface area contributed by atoms with Gasteiger partial charge in [0.15, 0.2) is 0 Å². The molecule has 0 bridgehead atoms. The van der Waals surface area contributed by atoms with Gasteiger partial charge in [0, 0.05) is 0 Å². The Bertz CT molecular complexity index is 456. The van der Waals surface area contributed by atoms with Crippen molar-refractivity contribution >= 4 is 0 Å². The van der Waals surface area contributed by atoms with E-state index in [1.807, 2.05) is 18.2 Å². The van der Waals surface area contributed by atoms with Gasteiger partial charge in [-0.3, -0.25) is 0 Å². The Kier molecular flexibility index (Phi) is 7.97. The molecule has 20 heavy (non-hydrogen) atoms. The smallest absolute Gasteiger partial charge is 0.0811 e. The Hall–Kier alpha value is -1.96. The molecule has 2 aromatic carbocycles. The molecule has 0 saturated heterocycles. The van der Waals surface area contributed by atoms with E-state index >= 15 is 0 Å². The largest absolute Gasteiger partial charge is 0.151 e. The fraction of sp³-hybridized carbons (Fsp3) is 0.333. The minimum absolute atomic E-state index is 0.451. The maximum atomic E-state index is 9.77. The lowest BCUT2D eigenvalue weighted by Gasteiger charge is -1.97. The van der Waals surface area contributed by atoms with Gasteiger partial charge in [-0.2, -0.15) is 4.91 Å². The van der Waals surface area contributed by atoms with Crippen molar-refractivity contribution in [2.75, 3.05) is 6.54 Å². The molecule has 0 aliphatic heterocycles. The summed E-state index contributed by atoms with van der Waals surface area (Å²) in [5.41, 5.74) is 3.99. The van der Waals surface area contributed by atoms with Crippen LogP contribution in [-0.4, -0.2) is 6.54 Å². The van der Waals surface area contributed by atoms with Gasteiger partial charge in [-0.1, -0.05) is 70.9 Å². The van der Waals surface area contributed by atoms with Crippen molar-refractivity contribution in [3.8, 4) is 0 Å². The van der Waals surface area contributed by atoms with Crippen molar-refractivity contribution in [1.29, 1.82) is 0 Å². The molecule has 0 spiro atoms. The molecule has 0 aliphatic rings. The SMILES string of the molecule is Cc1ccc(C)cc1.O=NCCCCc1ccccc1. The highest BCUT2D eigenvalue weighted by atomic mass is 16.3. The molecular formula is C18H23NO. The van der Waals surface area contributed by atoms with Crippen LogP contribution in [0.1, 0.15) is 29.5 Å². The van der Waals surface area contributed by atoms with E-state index in [1.54, 1.807) is 0 Å². The van der Waals surface area contributed by atoms with Gasteiger partial charge in [-0.25, -0.2) is 0 Å². The fourth-order valence-electron chi connectivity index (χ4n) is 1.79. The van der Waals surface area contributed by atoms with E-state index in [1.165, 1.54) is 16.7 Å². The molecule has 0 N–H and O–H groups in total. The Balaban J connectivity index is 0.000000217. The zero-order valence-electron chi connectivity index (χ0n) is 12.4. The van der Waals surface area contributed by atoms with Gasteiger partial charge < -0.3 is 0 Å². The van der Waals surface area contributed by atoms with E-state index < -0.39 is 0 Å². The van der Waals surface area contributed by atoms with Crippen molar-refractivity contribution in [3.63, 3.8) is 0 Å². The maximum absolute atomic E-state index is 9.77. The van der Waals surface area contributed by atoms with Gasteiger partial charge in [0.25, 0.3) is 0 Å². The number of benzene rings is 2. The summed E-state index contributed by atoms with van der Waals surface area (Å²) in [6, 6.07) is 18.8. The summed E-state index contributed by atoms with van der Waals surface area (Å²) >= 11 is 0. The number of hydrogen-bond donors (Lipinski definition) is 0. The molecule has 0 fully saturated rings. The molecule has 0 unspecified atom stereocenters. The van der Waals surface area contributed by atoms with E-state index in [0.717, 1.165) is 19.3 Å². The topological polar surface area (TPSA) is 29.4 Å². The van der Waals surface area contributed by atoms with Gasteiger partial charge in [0.2, 0.25) is 0 Å². The van der Waals surface area contributed by atoms with Gasteiger partial charge in [0.05, 0.1) is 6.54 Å².